The van der Waals surface area contributed by atoms with Crippen LogP contribution >= 0.6 is 0 Å². The second-order valence-corrected chi connectivity index (χ2v) is 3.68. The van der Waals surface area contributed by atoms with Crippen molar-refractivity contribution in [3.63, 3.8) is 0 Å². The number of imidazole rings is 1. The van der Waals surface area contributed by atoms with Crippen LogP contribution in [-0.4, -0.2) is 21.6 Å². The van der Waals surface area contributed by atoms with Crippen LogP contribution in [0.3, 0.4) is 0 Å². The monoisotopic (exact) mass is 240 g/mol. The van der Waals surface area contributed by atoms with Crippen molar-refractivity contribution in [1.82, 2.24) is 14.5 Å². The van der Waals surface area contributed by atoms with Crippen LogP contribution in [0.1, 0.15) is 11.3 Å². The second kappa shape index (κ2) is 5.15. The molecule has 90 valence electrons. The normalized spacial score (nSPS) is 10.5. The van der Waals surface area contributed by atoms with E-state index in [4.69, 9.17) is 10.00 Å². The first-order valence-electron chi connectivity index (χ1n) is 5.35. The van der Waals surface area contributed by atoms with Gasteiger partial charge in [0.25, 0.3) is 0 Å². The zero-order valence-corrected chi connectivity index (χ0v) is 10.2. The van der Waals surface area contributed by atoms with E-state index in [0.29, 0.717) is 11.6 Å². The molecule has 0 bridgehead atoms. The quantitative estimate of drug-likeness (QED) is 0.771. The molecule has 0 spiro atoms. The summed E-state index contributed by atoms with van der Waals surface area (Å²) in [5.41, 5.74) is 1.72. The first kappa shape index (κ1) is 11.9. The number of rotatable bonds is 3. The molecule has 0 unspecified atom stereocenters. The lowest BCUT2D eigenvalue weighted by molar-refractivity contribution is 0.410. The number of pyridine rings is 1. The molecule has 0 aliphatic rings. The average Bonchev–Trinajstić information content (AvgIpc) is 2.82. The number of nitriles is 1. The zero-order valence-electron chi connectivity index (χ0n) is 10.2. The van der Waals surface area contributed by atoms with Crippen molar-refractivity contribution in [2.24, 2.45) is 0 Å². The van der Waals surface area contributed by atoms with Gasteiger partial charge in [-0.25, -0.2) is 9.97 Å². The lowest BCUT2D eigenvalue weighted by Crippen LogP contribution is -1.99. The van der Waals surface area contributed by atoms with Crippen molar-refractivity contribution in [3.8, 4) is 17.6 Å². The highest BCUT2D eigenvalue weighted by Crippen LogP contribution is 2.22. The van der Waals surface area contributed by atoms with Gasteiger partial charge in [-0.15, -0.1) is 0 Å². The number of hydrogen-bond donors (Lipinski definition) is 0. The Balaban J connectivity index is 2.44. The molecule has 0 aromatic carbocycles. The third kappa shape index (κ3) is 2.38. The van der Waals surface area contributed by atoms with Crippen molar-refractivity contribution >= 4 is 6.08 Å². The highest BCUT2D eigenvalue weighted by atomic mass is 16.5. The molecule has 0 fully saturated rings. The Kier molecular flexibility index (Phi) is 3.39. The van der Waals surface area contributed by atoms with Gasteiger partial charge in [-0.3, -0.25) is 4.57 Å². The Morgan fingerprint density at radius 3 is 2.89 bits per heavy atom. The van der Waals surface area contributed by atoms with Crippen molar-refractivity contribution in [2.75, 3.05) is 7.11 Å². The van der Waals surface area contributed by atoms with Gasteiger partial charge in [0.15, 0.2) is 11.6 Å². The van der Waals surface area contributed by atoms with Crippen LogP contribution in [-0.2, 0) is 0 Å². The van der Waals surface area contributed by atoms with E-state index >= 15 is 0 Å². The first-order valence-corrected chi connectivity index (χ1v) is 5.35. The third-order valence-electron chi connectivity index (χ3n) is 2.38. The number of hydrogen-bond acceptors (Lipinski definition) is 4. The molecule has 0 N–H and O–H groups in total. The van der Waals surface area contributed by atoms with E-state index in [-0.39, 0.29) is 0 Å². The molecule has 0 amide bonds. The molecule has 5 heteroatoms. The number of allylic oxidation sites excluding steroid dienone is 1. The van der Waals surface area contributed by atoms with Crippen LogP contribution in [0.25, 0.3) is 11.9 Å². The third-order valence-corrected chi connectivity index (χ3v) is 2.38. The van der Waals surface area contributed by atoms with Crippen molar-refractivity contribution in [3.05, 3.63) is 42.1 Å². The van der Waals surface area contributed by atoms with Gasteiger partial charge in [-0.05, 0) is 24.6 Å². The lowest BCUT2D eigenvalue weighted by atomic mass is 10.2. The Hall–Kier alpha value is -2.61. The molecular formula is C13H12N4O. The number of nitrogens with zero attached hydrogens (tertiary/aromatic N) is 4. The number of aromatic nitrogens is 3. The van der Waals surface area contributed by atoms with Crippen LogP contribution < -0.4 is 4.74 Å². The molecule has 2 aromatic heterocycles. The second-order valence-electron chi connectivity index (χ2n) is 3.68. The van der Waals surface area contributed by atoms with Gasteiger partial charge in [-0.2, -0.15) is 5.26 Å². The summed E-state index contributed by atoms with van der Waals surface area (Å²) in [5, 5.41) is 8.49. The Morgan fingerprint density at radius 1 is 1.44 bits per heavy atom. The maximum absolute atomic E-state index is 8.49. The molecule has 0 saturated heterocycles. The van der Waals surface area contributed by atoms with Crippen molar-refractivity contribution in [1.29, 1.82) is 5.26 Å². The number of aryl methyl sites for hydroxylation is 1. The Bertz CT molecular complexity index is 622. The molecule has 0 aliphatic carbocycles. The highest BCUT2D eigenvalue weighted by molar-refractivity contribution is 5.56. The van der Waals surface area contributed by atoms with Gasteiger partial charge >= 0.3 is 0 Å². The Morgan fingerprint density at radius 2 is 2.28 bits per heavy atom. The van der Waals surface area contributed by atoms with Gasteiger partial charge in [-0.1, -0.05) is 0 Å². The van der Waals surface area contributed by atoms with Gasteiger partial charge in [0.1, 0.15) is 6.33 Å². The molecule has 2 aromatic rings. The molecule has 18 heavy (non-hydrogen) atoms. The van der Waals surface area contributed by atoms with Crippen molar-refractivity contribution in [2.45, 2.75) is 6.92 Å². The van der Waals surface area contributed by atoms with Gasteiger partial charge < -0.3 is 4.74 Å². The summed E-state index contributed by atoms with van der Waals surface area (Å²) in [6, 6.07) is 3.76. The molecule has 2 rings (SSSR count). The smallest absolute Gasteiger partial charge is 0.180 e. The molecule has 0 saturated carbocycles. The van der Waals surface area contributed by atoms with Crippen LogP contribution in [0.15, 0.2) is 30.9 Å². The summed E-state index contributed by atoms with van der Waals surface area (Å²) in [7, 11) is 1.59. The maximum atomic E-state index is 8.49. The van der Waals surface area contributed by atoms with E-state index in [1.54, 1.807) is 30.3 Å². The largest absolute Gasteiger partial charge is 0.493 e. The lowest BCUT2D eigenvalue weighted by Gasteiger charge is -2.08. The topological polar surface area (TPSA) is 63.7 Å². The predicted molar refractivity (Wildman–Crippen MR) is 67.3 cm³/mol. The van der Waals surface area contributed by atoms with Crippen LogP contribution in [0.2, 0.25) is 0 Å². The van der Waals surface area contributed by atoms with E-state index in [9.17, 15) is 0 Å². The molecular weight excluding hydrogens is 228 g/mol. The number of ether oxygens (including phenoxy) is 1. The summed E-state index contributed by atoms with van der Waals surface area (Å²) < 4.78 is 7.10. The van der Waals surface area contributed by atoms with E-state index in [1.165, 1.54) is 6.08 Å². The SMILES string of the molecule is COc1cc(/C=C/C#N)cnc1-n1cnc(C)c1. The fourth-order valence-corrected chi connectivity index (χ4v) is 1.56. The maximum Gasteiger partial charge on any atom is 0.180 e. The van der Waals surface area contributed by atoms with Crippen molar-refractivity contribution < 1.29 is 4.74 Å². The van der Waals surface area contributed by atoms with Gasteiger partial charge in [0.2, 0.25) is 0 Å². The summed E-state index contributed by atoms with van der Waals surface area (Å²) >= 11 is 0. The highest BCUT2D eigenvalue weighted by Gasteiger charge is 2.07. The Labute approximate surface area is 105 Å². The minimum absolute atomic E-state index is 0.632. The van der Waals surface area contributed by atoms with E-state index in [0.717, 1.165) is 11.3 Å². The van der Waals surface area contributed by atoms with Crippen LogP contribution in [0.4, 0.5) is 0 Å². The molecule has 0 atom stereocenters. The average molecular weight is 240 g/mol. The summed E-state index contributed by atoms with van der Waals surface area (Å²) in [5.74, 6) is 1.31. The van der Waals surface area contributed by atoms with Gasteiger partial charge in [0, 0.05) is 18.5 Å². The van der Waals surface area contributed by atoms with Crippen LogP contribution in [0, 0.1) is 18.3 Å². The van der Waals surface area contributed by atoms with E-state index in [1.807, 2.05) is 25.3 Å². The minimum Gasteiger partial charge on any atom is -0.493 e. The van der Waals surface area contributed by atoms with Crippen LogP contribution in [0.5, 0.6) is 5.75 Å². The summed E-state index contributed by atoms with van der Waals surface area (Å²) in [4.78, 5) is 8.47. The summed E-state index contributed by atoms with van der Waals surface area (Å²) in [6.07, 6.45) is 8.32. The fourth-order valence-electron chi connectivity index (χ4n) is 1.56. The standard InChI is InChI=1S/C13H12N4O/c1-10-8-17(9-16-10)13-12(18-2)6-11(7-15-13)4-3-5-14/h3-4,6-9H,1-2H3/b4-3+. The molecule has 2 heterocycles. The molecule has 0 aliphatic heterocycles. The van der Waals surface area contributed by atoms with E-state index < -0.39 is 0 Å². The molecule has 0 radical (unpaired) electrons. The number of methoxy groups -OCH3 is 1. The predicted octanol–water partition coefficient (Wildman–Crippen LogP) is 2.12. The minimum atomic E-state index is 0.632. The first-order chi connectivity index (χ1) is 8.74. The van der Waals surface area contributed by atoms with Gasteiger partial charge in [0.05, 0.1) is 18.9 Å². The summed E-state index contributed by atoms with van der Waals surface area (Å²) in [6.45, 7) is 1.91. The van der Waals surface area contributed by atoms with E-state index in [2.05, 4.69) is 9.97 Å². The fraction of sp³-hybridized carbons (Fsp3) is 0.154. The zero-order chi connectivity index (χ0) is 13.0. The molecule has 5 nitrogen and oxygen atoms in total.